The molecule has 29 heavy (non-hydrogen) atoms. The first kappa shape index (κ1) is 22.4. The minimum atomic E-state index is -0.0925. The van der Waals surface area contributed by atoms with Gasteiger partial charge in [-0.3, -0.25) is 9.59 Å². The normalized spacial score (nSPS) is 12.1. The minimum Gasteiger partial charge on any atom is -0.424 e. The van der Waals surface area contributed by atoms with Crippen LogP contribution >= 0.6 is 11.6 Å². The summed E-state index contributed by atoms with van der Waals surface area (Å²) in [4.78, 5) is 31.2. The van der Waals surface area contributed by atoms with E-state index in [2.05, 4.69) is 20.6 Å². The molecule has 1 heterocycles. The zero-order valence-electron chi connectivity index (χ0n) is 16.9. The van der Waals surface area contributed by atoms with E-state index < -0.39 is 0 Å². The molecule has 2 rings (SSSR count). The molecule has 2 amide bonds. The Morgan fingerprint density at radius 3 is 2.48 bits per heavy atom. The van der Waals surface area contributed by atoms with Crippen LogP contribution in [0.25, 0.3) is 6.08 Å². The van der Waals surface area contributed by atoms with Gasteiger partial charge in [0.2, 0.25) is 11.8 Å². The molecule has 0 fully saturated rings. The second kappa shape index (κ2) is 10.6. The smallest absolute Gasteiger partial charge is 0.321 e. The van der Waals surface area contributed by atoms with Crippen LogP contribution in [0.5, 0.6) is 11.8 Å². The fraction of sp³-hybridized carbons (Fsp3) is 0.333. The van der Waals surface area contributed by atoms with E-state index in [-0.39, 0.29) is 29.8 Å². The maximum absolute atomic E-state index is 11.9. The lowest BCUT2D eigenvalue weighted by atomic mass is 10.1. The first-order chi connectivity index (χ1) is 13.7. The molecular weight excluding hydrogens is 392 g/mol. The topological polar surface area (TPSA) is 93.2 Å². The summed E-state index contributed by atoms with van der Waals surface area (Å²) in [5.41, 5.74) is 1.30. The fourth-order valence-electron chi connectivity index (χ4n) is 2.43. The predicted octanol–water partition coefficient (Wildman–Crippen LogP) is 4.44. The number of hydrogen-bond donors (Lipinski definition) is 2. The van der Waals surface area contributed by atoms with Gasteiger partial charge in [-0.1, -0.05) is 37.6 Å². The average Bonchev–Trinajstić information content (AvgIpc) is 2.62. The van der Waals surface area contributed by atoms with Gasteiger partial charge in [-0.05, 0) is 25.0 Å². The number of ether oxygens (including phenoxy) is 1. The molecule has 7 nitrogen and oxygen atoms in total. The summed E-state index contributed by atoms with van der Waals surface area (Å²) in [7, 11) is 0. The van der Waals surface area contributed by atoms with E-state index in [9.17, 15) is 9.59 Å². The van der Waals surface area contributed by atoms with Crippen molar-refractivity contribution in [2.75, 3.05) is 5.32 Å². The predicted molar refractivity (Wildman–Crippen MR) is 114 cm³/mol. The molecule has 2 aromatic rings. The zero-order chi connectivity index (χ0) is 21.4. The third kappa shape index (κ3) is 7.91. The highest BCUT2D eigenvalue weighted by Crippen LogP contribution is 2.29. The van der Waals surface area contributed by atoms with Crippen LogP contribution in [0.4, 0.5) is 5.69 Å². The Hall–Kier alpha value is -2.93. The highest BCUT2D eigenvalue weighted by Gasteiger charge is 2.10. The van der Waals surface area contributed by atoms with Crippen LogP contribution in [0, 0.1) is 5.92 Å². The van der Waals surface area contributed by atoms with Crippen LogP contribution in [0.2, 0.25) is 5.02 Å². The van der Waals surface area contributed by atoms with Crippen molar-refractivity contribution >= 4 is 35.2 Å². The summed E-state index contributed by atoms with van der Waals surface area (Å²) in [6.07, 6.45) is 7.30. The van der Waals surface area contributed by atoms with Crippen LogP contribution < -0.4 is 15.4 Å². The van der Waals surface area contributed by atoms with Gasteiger partial charge in [0, 0.05) is 43.4 Å². The summed E-state index contributed by atoms with van der Waals surface area (Å²) < 4.78 is 5.62. The Morgan fingerprint density at radius 2 is 1.90 bits per heavy atom. The van der Waals surface area contributed by atoms with Crippen LogP contribution in [0.15, 0.2) is 36.7 Å². The van der Waals surface area contributed by atoms with Gasteiger partial charge in [0.1, 0.15) is 5.75 Å². The van der Waals surface area contributed by atoms with Crippen molar-refractivity contribution in [2.45, 2.75) is 40.2 Å². The highest BCUT2D eigenvalue weighted by atomic mass is 35.5. The van der Waals surface area contributed by atoms with Gasteiger partial charge in [-0.2, -0.15) is 0 Å². The number of halogens is 1. The monoisotopic (exact) mass is 416 g/mol. The number of amides is 2. The summed E-state index contributed by atoms with van der Waals surface area (Å²) in [5.74, 6) is 0.543. The third-order valence-corrected chi connectivity index (χ3v) is 3.99. The van der Waals surface area contributed by atoms with Crippen LogP contribution in [-0.2, 0) is 9.59 Å². The number of nitrogens with zero attached hydrogens (tertiary/aromatic N) is 2. The molecule has 154 valence electrons. The van der Waals surface area contributed by atoms with Crippen LogP contribution in [0.1, 0.15) is 39.7 Å². The number of carbonyl (C=O) groups is 2. The summed E-state index contributed by atoms with van der Waals surface area (Å²) in [6.45, 7) is 7.29. The second-order valence-corrected chi connectivity index (χ2v) is 7.44. The Morgan fingerprint density at radius 1 is 1.21 bits per heavy atom. The molecule has 0 spiro atoms. The van der Waals surface area contributed by atoms with Crippen molar-refractivity contribution in [3.05, 3.63) is 47.3 Å². The lowest BCUT2D eigenvalue weighted by molar-refractivity contribution is -0.119. The fourth-order valence-corrected chi connectivity index (χ4v) is 2.65. The van der Waals surface area contributed by atoms with E-state index >= 15 is 0 Å². The SMILES string of the molecule is CC(=O)N[C@@H](C)/C=C/c1cnc(Oc2ccc(NC(=O)CC(C)C)c(Cl)c2)nc1. The average molecular weight is 417 g/mol. The number of hydrogen-bond acceptors (Lipinski definition) is 5. The molecule has 0 bridgehead atoms. The van der Waals surface area contributed by atoms with E-state index in [0.29, 0.717) is 22.9 Å². The number of rotatable bonds is 8. The van der Waals surface area contributed by atoms with Crippen molar-refractivity contribution < 1.29 is 14.3 Å². The van der Waals surface area contributed by atoms with Gasteiger partial charge in [0.15, 0.2) is 0 Å². The second-order valence-electron chi connectivity index (χ2n) is 7.04. The van der Waals surface area contributed by atoms with Crippen LogP contribution in [0.3, 0.4) is 0 Å². The molecule has 0 saturated carbocycles. The lowest BCUT2D eigenvalue weighted by Gasteiger charge is -2.10. The first-order valence-electron chi connectivity index (χ1n) is 9.27. The number of benzene rings is 1. The van der Waals surface area contributed by atoms with Gasteiger partial charge in [-0.25, -0.2) is 9.97 Å². The number of carbonyl (C=O) groups excluding carboxylic acids is 2. The van der Waals surface area contributed by atoms with Gasteiger partial charge in [0.25, 0.3) is 0 Å². The Balaban J connectivity index is 1.97. The van der Waals surface area contributed by atoms with E-state index in [1.165, 1.54) is 6.92 Å². The highest BCUT2D eigenvalue weighted by molar-refractivity contribution is 6.33. The molecule has 0 radical (unpaired) electrons. The Labute approximate surface area is 175 Å². The van der Waals surface area contributed by atoms with E-state index in [1.54, 1.807) is 30.6 Å². The van der Waals surface area contributed by atoms with Crippen molar-refractivity contribution in [1.29, 1.82) is 0 Å². The largest absolute Gasteiger partial charge is 0.424 e. The standard InChI is InChI=1S/C21H25ClN4O3/c1-13(2)9-20(28)26-19-8-7-17(10-18(19)22)29-21-23-11-16(12-24-21)6-5-14(3)25-15(4)27/h5-8,10-14H,9H2,1-4H3,(H,25,27)(H,26,28)/b6-5+/t14-/m0/s1. The molecule has 0 saturated heterocycles. The summed E-state index contributed by atoms with van der Waals surface area (Å²) in [5, 5.41) is 5.91. The van der Waals surface area contributed by atoms with Crippen molar-refractivity contribution in [3.8, 4) is 11.8 Å². The first-order valence-corrected chi connectivity index (χ1v) is 9.65. The molecule has 1 aromatic heterocycles. The van der Waals surface area contributed by atoms with E-state index in [1.807, 2.05) is 32.9 Å². The molecule has 0 aliphatic rings. The molecule has 2 N–H and O–H groups in total. The Bertz CT molecular complexity index is 882. The van der Waals surface area contributed by atoms with Gasteiger partial charge < -0.3 is 15.4 Å². The lowest BCUT2D eigenvalue weighted by Crippen LogP contribution is -2.28. The molecule has 8 heteroatoms. The number of aromatic nitrogens is 2. The van der Waals surface area contributed by atoms with E-state index in [4.69, 9.17) is 16.3 Å². The summed E-state index contributed by atoms with van der Waals surface area (Å²) >= 11 is 6.23. The maximum atomic E-state index is 11.9. The third-order valence-electron chi connectivity index (χ3n) is 3.67. The van der Waals surface area contributed by atoms with Gasteiger partial charge in [-0.15, -0.1) is 0 Å². The van der Waals surface area contributed by atoms with Gasteiger partial charge >= 0.3 is 6.01 Å². The number of anilines is 1. The summed E-state index contributed by atoms with van der Waals surface area (Å²) in [6, 6.07) is 5.04. The minimum absolute atomic E-state index is 0.0876. The van der Waals surface area contributed by atoms with E-state index in [0.717, 1.165) is 5.56 Å². The van der Waals surface area contributed by atoms with Crippen molar-refractivity contribution in [1.82, 2.24) is 15.3 Å². The van der Waals surface area contributed by atoms with Crippen molar-refractivity contribution in [3.63, 3.8) is 0 Å². The molecule has 0 aliphatic heterocycles. The molecular formula is C21H25ClN4O3. The molecule has 1 aromatic carbocycles. The zero-order valence-corrected chi connectivity index (χ0v) is 17.7. The molecule has 0 unspecified atom stereocenters. The molecule has 1 atom stereocenters. The Kier molecular flexibility index (Phi) is 8.15. The number of nitrogens with one attached hydrogen (secondary N) is 2. The quantitative estimate of drug-likeness (QED) is 0.663. The molecule has 0 aliphatic carbocycles. The van der Waals surface area contributed by atoms with Crippen molar-refractivity contribution in [2.24, 2.45) is 5.92 Å². The maximum Gasteiger partial charge on any atom is 0.321 e. The van der Waals surface area contributed by atoms with Crippen LogP contribution in [-0.4, -0.2) is 27.8 Å². The van der Waals surface area contributed by atoms with Gasteiger partial charge in [0.05, 0.1) is 10.7 Å².